The molecule has 2 aromatic rings. The molecule has 0 bridgehead atoms. The van der Waals surface area contributed by atoms with Crippen molar-refractivity contribution in [2.24, 2.45) is 5.73 Å². The first-order valence-corrected chi connectivity index (χ1v) is 6.53. The molecule has 0 unspecified atom stereocenters. The average Bonchev–Trinajstić information content (AvgIpc) is 2.41. The summed E-state index contributed by atoms with van der Waals surface area (Å²) in [5, 5.41) is 2.58. The molecule has 0 fully saturated rings. The number of amides is 1. The maximum atomic E-state index is 13.7. The highest BCUT2D eigenvalue weighted by molar-refractivity contribution is 7.80. The lowest BCUT2D eigenvalue weighted by atomic mass is 10.1. The number of halogens is 3. The number of rotatable bonds is 3. The first-order chi connectivity index (χ1) is 9.90. The Hall–Kier alpha value is -2.05. The summed E-state index contributed by atoms with van der Waals surface area (Å²) in [6, 6.07) is 7.50. The van der Waals surface area contributed by atoms with Crippen LogP contribution >= 0.6 is 23.8 Å². The first-order valence-electron chi connectivity index (χ1n) is 5.75. The zero-order valence-corrected chi connectivity index (χ0v) is 12.1. The first kappa shape index (κ1) is 15.3. The number of carbonyl (C=O) groups is 1. The van der Waals surface area contributed by atoms with Crippen molar-refractivity contribution >= 4 is 40.4 Å². The molecule has 2 aromatic carbocycles. The van der Waals surface area contributed by atoms with Crippen molar-refractivity contribution in [1.82, 2.24) is 0 Å². The lowest BCUT2D eigenvalue weighted by Gasteiger charge is -2.11. The average molecular weight is 327 g/mol. The quantitative estimate of drug-likeness (QED) is 0.849. The van der Waals surface area contributed by atoms with Crippen LogP contribution in [0.3, 0.4) is 0 Å². The van der Waals surface area contributed by atoms with E-state index >= 15 is 0 Å². The van der Waals surface area contributed by atoms with Gasteiger partial charge in [-0.2, -0.15) is 0 Å². The van der Waals surface area contributed by atoms with Gasteiger partial charge in [0.15, 0.2) is 0 Å². The number of nitrogens with two attached hydrogens (primary N) is 1. The van der Waals surface area contributed by atoms with E-state index in [0.717, 1.165) is 12.1 Å². The van der Waals surface area contributed by atoms with E-state index in [9.17, 15) is 13.6 Å². The van der Waals surface area contributed by atoms with Crippen LogP contribution < -0.4 is 11.1 Å². The fourth-order valence-electron chi connectivity index (χ4n) is 1.74. The van der Waals surface area contributed by atoms with Crippen molar-refractivity contribution in [3.05, 3.63) is 64.2 Å². The van der Waals surface area contributed by atoms with Gasteiger partial charge in [-0.25, -0.2) is 8.78 Å². The molecule has 7 heteroatoms. The molecule has 3 nitrogen and oxygen atoms in total. The standard InChI is InChI=1S/C14H9ClF2N2OS/c15-7-4-5-9(16)8(6-7)14(20)19-11-3-1-2-10(17)12(11)13(18)21/h1-6H,(H2,18,21)(H,19,20). The van der Waals surface area contributed by atoms with Gasteiger partial charge in [0, 0.05) is 5.02 Å². The second-order valence-electron chi connectivity index (χ2n) is 4.10. The number of nitrogens with one attached hydrogen (secondary N) is 1. The number of thiocarbonyl (C=S) groups is 1. The van der Waals surface area contributed by atoms with Gasteiger partial charge in [-0.15, -0.1) is 0 Å². The maximum Gasteiger partial charge on any atom is 0.258 e. The zero-order chi connectivity index (χ0) is 15.6. The van der Waals surface area contributed by atoms with Crippen LogP contribution in [-0.2, 0) is 0 Å². The lowest BCUT2D eigenvalue weighted by molar-refractivity contribution is 0.102. The minimum atomic E-state index is -0.780. The van der Waals surface area contributed by atoms with E-state index in [1.165, 1.54) is 24.3 Å². The molecule has 0 saturated carbocycles. The molecular formula is C14H9ClF2N2OS. The van der Waals surface area contributed by atoms with Gasteiger partial charge < -0.3 is 11.1 Å². The Balaban J connectivity index is 2.39. The summed E-state index contributed by atoms with van der Waals surface area (Å²) in [7, 11) is 0. The molecule has 3 N–H and O–H groups in total. The second-order valence-corrected chi connectivity index (χ2v) is 4.98. The van der Waals surface area contributed by atoms with Crippen LogP contribution in [0.25, 0.3) is 0 Å². The van der Waals surface area contributed by atoms with E-state index in [1.807, 2.05) is 0 Å². The molecule has 0 aliphatic rings. The van der Waals surface area contributed by atoms with E-state index in [2.05, 4.69) is 5.32 Å². The molecule has 0 spiro atoms. The number of anilines is 1. The molecule has 0 saturated heterocycles. The van der Waals surface area contributed by atoms with Crippen LogP contribution in [0, 0.1) is 11.6 Å². The lowest BCUT2D eigenvalue weighted by Crippen LogP contribution is -2.19. The Kier molecular flexibility index (Phi) is 4.50. The summed E-state index contributed by atoms with van der Waals surface area (Å²) in [5.41, 5.74) is 5.12. The van der Waals surface area contributed by atoms with Crippen LogP contribution in [0.4, 0.5) is 14.5 Å². The van der Waals surface area contributed by atoms with E-state index in [-0.39, 0.29) is 26.8 Å². The second kappa shape index (κ2) is 6.15. The summed E-state index contributed by atoms with van der Waals surface area (Å²) in [6.07, 6.45) is 0. The highest BCUT2D eigenvalue weighted by Crippen LogP contribution is 2.21. The summed E-state index contributed by atoms with van der Waals surface area (Å²) in [4.78, 5) is 11.8. The van der Waals surface area contributed by atoms with E-state index < -0.39 is 17.5 Å². The largest absolute Gasteiger partial charge is 0.389 e. The van der Waals surface area contributed by atoms with Crippen LogP contribution in [-0.4, -0.2) is 10.9 Å². The van der Waals surface area contributed by atoms with Crippen molar-refractivity contribution < 1.29 is 13.6 Å². The highest BCUT2D eigenvalue weighted by atomic mass is 35.5. The third-order valence-electron chi connectivity index (χ3n) is 2.68. The van der Waals surface area contributed by atoms with Crippen molar-refractivity contribution in [2.75, 3.05) is 5.32 Å². The van der Waals surface area contributed by atoms with Gasteiger partial charge in [0.05, 0.1) is 16.8 Å². The molecule has 0 heterocycles. The molecule has 0 aliphatic carbocycles. The van der Waals surface area contributed by atoms with Crippen molar-refractivity contribution in [3.8, 4) is 0 Å². The Morgan fingerprint density at radius 3 is 2.57 bits per heavy atom. The third-order valence-corrected chi connectivity index (χ3v) is 3.12. The van der Waals surface area contributed by atoms with Gasteiger partial charge in [0.2, 0.25) is 0 Å². The van der Waals surface area contributed by atoms with E-state index in [1.54, 1.807) is 0 Å². The summed E-state index contributed by atoms with van der Waals surface area (Å²) in [6.45, 7) is 0. The smallest absolute Gasteiger partial charge is 0.258 e. The van der Waals surface area contributed by atoms with Gasteiger partial charge >= 0.3 is 0 Å². The molecule has 0 aromatic heterocycles. The summed E-state index contributed by atoms with van der Waals surface area (Å²) >= 11 is 10.5. The monoisotopic (exact) mass is 326 g/mol. The Morgan fingerprint density at radius 2 is 1.90 bits per heavy atom. The molecular weight excluding hydrogens is 318 g/mol. The van der Waals surface area contributed by atoms with E-state index in [4.69, 9.17) is 29.6 Å². The van der Waals surface area contributed by atoms with Crippen LogP contribution in [0.2, 0.25) is 5.02 Å². The number of hydrogen-bond acceptors (Lipinski definition) is 2. The number of hydrogen-bond donors (Lipinski definition) is 2. The Bertz CT molecular complexity index is 737. The van der Waals surface area contributed by atoms with Crippen molar-refractivity contribution in [3.63, 3.8) is 0 Å². The maximum absolute atomic E-state index is 13.7. The topological polar surface area (TPSA) is 55.1 Å². The summed E-state index contributed by atoms with van der Waals surface area (Å²) in [5.74, 6) is -2.20. The molecule has 2 rings (SSSR count). The van der Waals surface area contributed by atoms with E-state index in [0.29, 0.717) is 0 Å². The van der Waals surface area contributed by atoms with Gasteiger partial charge in [0.25, 0.3) is 5.91 Å². The van der Waals surface area contributed by atoms with Crippen LogP contribution in [0.5, 0.6) is 0 Å². The Morgan fingerprint density at radius 1 is 1.19 bits per heavy atom. The SMILES string of the molecule is NC(=S)c1c(F)cccc1NC(=O)c1cc(Cl)ccc1F. The predicted octanol–water partition coefficient (Wildman–Crippen LogP) is 3.50. The molecule has 0 atom stereocenters. The van der Waals surface area contributed by atoms with Crippen LogP contribution in [0.1, 0.15) is 15.9 Å². The molecule has 21 heavy (non-hydrogen) atoms. The molecule has 0 radical (unpaired) electrons. The third kappa shape index (κ3) is 3.34. The predicted molar refractivity (Wildman–Crippen MR) is 81.7 cm³/mol. The van der Waals surface area contributed by atoms with Gasteiger partial charge in [0.1, 0.15) is 16.6 Å². The molecule has 0 aliphatic heterocycles. The number of carbonyl (C=O) groups excluding carboxylic acids is 1. The van der Waals surface area contributed by atoms with Crippen molar-refractivity contribution in [2.45, 2.75) is 0 Å². The highest BCUT2D eigenvalue weighted by Gasteiger charge is 2.17. The number of benzene rings is 2. The van der Waals surface area contributed by atoms with Gasteiger partial charge in [-0.1, -0.05) is 29.9 Å². The normalized spacial score (nSPS) is 10.2. The molecule has 108 valence electrons. The molecule has 1 amide bonds. The Labute approximate surface area is 129 Å². The fourth-order valence-corrected chi connectivity index (χ4v) is 2.12. The minimum Gasteiger partial charge on any atom is -0.389 e. The summed E-state index contributed by atoms with van der Waals surface area (Å²) < 4.78 is 27.3. The van der Waals surface area contributed by atoms with Crippen molar-refractivity contribution in [1.29, 1.82) is 0 Å². The fraction of sp³-hybridized carbons (Fsp3) is 0. The zero-order valence-electron chi connectivity index (χ0n) is 10.5. The van der Waals surface area contributed by atoms with Crippen LogP contribution in [0.15, 0.2) is 36.4 Å². The van der Waals surface area contributed by atoms with Gasteiger partial charge in [-0.05, 0) is 30.3 Å². The van der Waals surface area contributed by atoms with Gasteiger partial charge in [-0.3, -0.25) is 4.79 Å². The minimum absolute atomic E-state index is 0.0619.